The number of ether oxygens (including phenoxy) is 1. The molecule has 164 valence electrons. The van der Waals surface area contributed by atoms with E-state index in [4.69, 9.17) is 16.3 Å². The smallest absolute Gasteiger partial charge is 0.233 e. The summed E-state index contributed by atoms with van der Waals surface area (Å²) in [5.74, 6) is 2.66. The van der Waals surface area contributed by atoms with E-state index in [9.17, 15) is 4.79 Å². The van der Waals surface area contributed by atoms with Gasteiger partial charge in [-0.2, -0.15) is 0 Å². The number of likely N-dealkylation sites (tertiary alicyclic amines) is 1. The number of halogens is 1. The molecule has 0 aliphatic carbocycles. The second-order valence-corrected chi connectivity index (χ2v) is 9.16. The Hall–Kier alpha value is -1.73. The zero-order valence-corrected chi connectivity index (χ0v) is 19.6. The third-order valence-corrected chi connectivity index (χ3v) is 6.94. The average molecular weight is 451 g/mol. The van der Waals surface area contributed by atoms with Crippen molar-refractivity contribution in [3.8, 4) is 5.75 Å². The van der Waals surface area contributed by atoms with Crippen molar-refractivity contribution in [1.29, 1.82) is 0 Å². The summed E-state index contributed by atoms with van der Waals surface area (Å²) >= 11 is 7.68. The maximum atomic E-state index is 12.7. The summed E-state index contributed by atoms with van der Waals surface area (Å²) in [6.07, 6.45) is 4.09. The molecule has 1 aromatic heterocycles. The average Bonchev–Trinajstić information content (AvgIpc) is 3.15. The van der Waals surface area contributed by atoms with Gasteiger partial charge in [0, 0.05) is 19.1 Å². The maximum Gasteiger partial charge on any atom is 0.233 e. The van der Waals surface area contributed by atoms with E-state index < -0.39 is 0 Å². The van der Waals surface area contributed by atoms with Gasteiger partial charge in [-0.25, -0.2) is 0 Å². The summed E-state index contributed by atoms with van der Waals surface area (Å²) in [6, 6.07) is 7.67. The highest BCUT2D eigenvalue weighted by Gasteiger charge is 2.23. The Morgan fingerprint density at radius 2 is 1.93 bits per heavy atom. The first-order valence-corrected chi connectivity index (χ1v) is 12.1. The minimum absolute atomic E-state index is 0.180. The zero-order chi connectivity index (χ0) is 21.5. The minimum atomic E-state index is 0.180. The third kappa shape index (κ3) is 5.70. The maximum absolute atomic E-state index is 12.7. The number of rotatable bonds is 9. The predicted molar refractivity (Wildman–Crippen MR) is 121 cm³/mol. The van der Waals surface area contributed by atoms with Gasteiger partial charge in [-0.3, -0.25) is 4.79 Å². The molecule has 0 radical (unpaired) electrons. The first-order chi connectivity index (χ1) is 14.5. The quantitative estimate of drug-likeness (QED) is 0.490. The number of piperidine rings is 1. The lowest BCUT2D eigenvalue weighted by Gasteiger charge is -2.30. The number of thioether (sulfide) groups is 1. The van der Waals surface area contributed by atoms with Crippen molar-refractivity contribution in [3.63, 3.8) is 0 Å². The number of benzene rings is 1. The minimum Gasteiger partial charge on any atom is -0.484 e. The molecule has 0 unspecified atom stereocenters. The van der Waals surface area contributed by atoms with Crippen LogP contribution in [0.15, 0.2) is 29.4 Å². The van der Waals surface area contributed by atoms with E-state index in [0.717, 1.165) is 49.8 Å². The lowest BCUT2D eigenvalue weighted by molar-refractivity contribution is -0.129. The van der Waals surface area contributed by atoms with E-state index >= 15 is 0 Å². The molecule has 1 saturated heterocycles. The fourth-order valence-electron chi connectivity index (χ4n) is 3.70. The van der Waals surface area contributed by atoms with E-state index in [-0.39, 0.29) is 18.6 Å². The molecule has 8 heteroatoms. The summed E-state index contributed by atoms with van der Waals surface area (Å²) in [5, 5.41) is 10.1. The first-order valence-electron chi connectivity index (χ1n) is 10.7. The van der Waals surface area contributed by atoms with Crippen LogP contribution in [0.25, 0.3) is 0 Å². The second-order valence-electron chi connectivity index (χ2n) is 7.81. The molecule has 2 heterocycles. The van der Waals surface area contributed by atoms with Crippen LogP contribution in [0.2, 0.25) is 5.02 Å². The lowest BCUT2D eigenvalue weighted by atomic mass is 9.99. The van der Waals surface area contributed by atoms with Crippen LogP contribution < -0.4 is 4.74 Å². The number of carbonyl (C=O) groups excluding carboxylic acids is 1. The summed E-state index contributed by atoms with van der Waals surface area (Å²) in [5.41, 5.74) is 0. The molecular formula is C22H31ClN4O2S. The van der Waals surface area contributed by atoms with Gasteiger partial charge in [-0.05, 0) is 43.7 Å². The molecule has 6 nitrogen and oxygen atoms in total. The van der Waals surface area contributed by atoms with Gasteiger partial charge < -0.3 is 14.2 Å². The highest BCUT2D eigenvalue weighted by atomic mass is 35.5. The molecule has 0 spiro atoms. The van der Waals surface area contributed by atoms with Gasteiger partial charge in [-0.1, -0.05) is 56.3 Å². The van der Waals surface area contributed by atoms with Crippen molar-refractivity contribution < 1.29 is 9.53 Å². The number of nitrogens with zero attached hydrogens (tertiary/aromatic N) is 4. The number of aromatic nitrogens is 3. The summed E-state index contributed by atoms with van der Waals surface area (Å²) in [7, 11) is 0. The molecule has 1 aliphatic heterocycles. The molecule has 3 rings (SSSR count). The highest BCUT2D eigenvalue weighted by molar-refractivity contribution is 7.99. The zero-order valence-electron chi connectivity index (χ0n) is 18.0. The predicted octanol–water partition coefficient (Wildman–Crippen LogP) is 5.22. The topological polar surface area (TPSA) is 60.2 Å². The number of carbonyl (C=O) groups is 1. The number of amides is 1. The molecule has 2 aromatic rings. The summed E-state index contributed by atoms with van der Waals surface area (Å²) in [4.78, 5) is 14.6. The van der Waals surface area contributed by atoms with E-state index in [1.54, 1.807) is 6.07 Å². The molecule has 1 aromatic carbocycles. The van der Waals surface area contributed by atoms with Gasteiger partial charge >= 0.3 is 0 Å². The third-order valence-electron chi connectivity index (χ3n) is 5.70. The largest absolute Gasteiger partial charge is 0.484 e. The number of hydrogen-bond acceptors (Lipinski definition) is 5. The van der Waals surface area contributed by atoms with Crippen LogP contribution in [0.1, 0.15) is 58.3 Å². The van der Waals surface area contributed by atoms with Crippen LogP contribution in [0, 0.1) is 5.92 Å². The van der Waals surface area contributed by atoms with Crippen LogP contribution in [-0.4, -0.2) is 44.4 Å². The van der Waals surface area contributed by atoms with Crippen molar-refractivity contribution in [2.45, 2.75) is 64.3 Å². The van der Waals surface area contributed by atoms with Crippen LogP contribution >= 0.6 is 23.4 Å². The van der Waals surface area contributed by atoms with Gasteiger partial charge in [0.2, 0.25) is 5.91 Å². The first kappa shape index (κ1) is 22.9. The number of para-hydroxylation sites is 1. The van der Waals surface area contributed by atoms with Crippen molar-refractivity contribution in [2.75, 3.05) is 18.8 Å². The molecule has 0 N–H and O–H groups in total. The van der Waals surface area contributed by atoms with Gasteiger partial charge in [0.05, 0.1) is 10.8 Å². The highest BCUT2D eigenvalue weighted by Crippen LogP contribution is 2.29. The molecule has 1 fully saturated rings. The van der Waals surface area contributed by atoms with Crippen molar-refractivity contribution in [1.82, 2.24) is 19.7 Å². The van der Waals surface area contributed by atoms with E-state index in [2.05, 4.69) is 35.5 Å². The van der Waals surface area contributed by atoms with E-state index in [1.807, 2.05) is 23.1 Å². The number of hydrogen-bond donors (Lipinski definition) is 0. The van der Waals surface area contributed by atoms with Gasteiger partial charge in [0.25, 0.3) is 0 Å². The van der Waals surface area contributed by atoms with Crippen LogP contribution in [0.4, 0.5) is 0 Å². The Labute approximate surface area is 188 Å². The molecule has 1 aliphatic rings. The Bertz CT molecular complexity index is 832. The monoisotopic (exact) mass is 450 g/mol. The van der Waals surface area contributed by atoms with Gasteiger partial charge in [0.15, 0.2) is 11.0 Å². The van der Waals surface area contributed by atoms with Crippen molar-refractivity contribution in [3.05, 3.63) is 35.1 Å². The Morgan fingerprint density at radius 1 is 1.23 bits per heavy atom. The second kappa shape index (κ2) is 11.0. The molecule has 0 atom stereocenters. The van der Waals surface area contributed by atoms with Crippen LogP contribution in [0.5, 0.6) is 5.75 Å². The fourth-order valence-corrected chi connectivity index (χ4v) is 4.82. The Morgan fingerprint density at radius 3 is 2.60 bits per heavy atom. The fraction of sp³-hybridized carbons (Fsp3) is 0.591. The van der Waals surface area contributed by atoms with E-state index in [1.165, 1.54) is 11.8 Å². The van der Waals surface area contributed by atoms with Crippen molar-refractivity contribution >= 4 is 29.3 Å². The van der Waals surface area contributed by atoms with Crippen molar-refractivity contribution in [2.24, 2.45) is 5.92 Å². The normalized spacial score (nSPS) is 15.0. The van der Waals surface area contributed by atoms with E-state index in [0.29, 0.717) is 22.4 Å². The van der Waals surface area contributed by atoms with Crippen LogP contribution in [-0.2, 0) is 11.4 Å². The summed E-state index contributed by atoms with van der Waals surface area (Å²) < 4.78 is 8.04. The van der Waals surface area contributed by atoms with Gasteiger partial charge in [0.1, 0.15) is 12.4 Å². The van der Waals surface area contributed by atoms with Gasteiger partial charge in [-0.15, -0.1) is 10.2 Å². The molecule has 30 heavy (non-hydrogen) atoms. The Balaban J connectivity index is 1.69. The SMILES string of the molecule is CCC(CC)n1c(COc2ccccc2Cl)nnc1SCC(=O)N1CCC(C)CC1. The molecule has 0 saturated carbocycles. The molecule has 1 amide bonds. The standard InChI is InChI=1S/C22H31ClN4O2S/c1-4-17(5-2)27-20(14-29-19-9-7-6-8-18(19)23)24-25-22(27)30-15-21(28)26-12-10-16(3)11-13-26/h6-9,16-17H,4-5,10-15H2,1-3H3. The molecular weight excluding hydrogens is 420 g/mol. The lowest BCUT2D eigenvalue weighted by Crippen LogP contribution is -2.39. The summed E-state index contributed by atoms with van der Waals surface area (Å²) in [6.45, 7) is 8.56. The molecule has 0 bridgehead atoms. The van der Waals surface area contributed by atoms with Crippen LogP contribution in [0.3, 0.4) is 0 Å². The Kier molecular flexibility index (Phi) is 8.45.